The van der Waals surface area contributed by atoms with Crippen molar-refractivity contribution >= 4 is 60.2 Å². The Kier molecular flexibility index (Phi) is 5.01. The topological polar surface area (TPSA) is 97.5 Å². The quantitative estimate of drug-likeness (QED) is 0.752. The standard InChI is InChI=1S/C10H14N2O4S5/c1-20(13,14)8-6-18-5-4-12(8)21(15,16)9-3-2-7(19-9)10(11)17/h2-3,8H,4-6H2,1H3,(H2,11,17). The first-order valence-corrected chi connectivity index (χ1v) is 11.6. The van der Waals surface area contributed by atoms with Gasteiger partial charge in [-0.2, -0.15) is 16.1 Å². The second kappa shape index (κ2) is 6.13. The molecule has 6 nitrogen and oxygen atoms in total. The molecule has 0 spiro atoms. The number of thiophene rings is 1. The Morgan fingerprint density at radius 1 is 1.38 bits per heavy atom. The third-order valence-electron chi connectivity index (χ3n) is 2.92. The zero-order valence-electron chi connectivity index (χ0n) is 11.1. The van der Waals surface area contributed by atoms with Gasteiger partial charge in [0.15, 0.2) is 9.84 Å². The van der Waals surface area contributed by atoms with Crippen LogP contribution in [0.3, 0.4) is 0 Å². The number of rotatable bonds is 4. The van der Waals surface area contributed by atoms with Gasteiger partial charge >= 0.3 is 0 Å². The van der Waals surface area contributed by atoms with Crippen LogP contribution in [0.2, 0.25) is 0 Å². The summed E-state index contributed by atoms with van der Waals surface area (Å²) in [6.07, 6.45) is 1.06. The number of thioether (sulfide) groups is 1. The first-order chi connectivity index (χ1) is 9.64. The Balaban J connectivity index is 2.43. The summed E-state index contributed by atoms with van der Waals surface area (Å²) in [5.74, 6) is 0.810. The molecule has 1 atom stereocenters. The molecule has 118 valence electrons. The van der Waals surface area contributed by atoms with Crippen molar-refractivity contribution < 1.29 is 16.8 Å². The average Bonchev–Trinajstić information content (AvgIpc) is 2.88. The van der Waals surface area contributed by atoms with E-state index in [2.05, 4.69) is 0 Å². The van der Waals surface area contributed by atoms with Crippen LogP contribution in [-0.2, 0) is 19.9 Å². The average molecular weight is 387 g/mol. The molecular formula is C10H14N2O4S5. The van der Waals surface area contributed by atoms with Gasteiger partial charge in [-0.3, -0.25) is 0 Å². The highest BCUT2D eigenvalue weighted by Gasteiger charge is 2.40. The van der Waals surface area contributed by atoms with Gasteiger partial charge in [0.05, 0.1) is 4.88 Å². The van der Waals surface area contributed by atoms with E-state index in [1.807, 2.05) is 0 Å². The maximum atomic E-state index is 12.7. The lowest BCUT2D eigenvalue weighted by molar-refractivity contribution is 0.406. The van der Waals surface area contributed by atoms with Crippen LogP contribution in [0, 0.1) is 0 Å². The minimum Gasteiger partial charge on any atom is -0.389 e. The zero-order valence-corrected chi connectivity index (χ0v) is 15.1. The molecular weight excluding hydrogens is 372 g/mol. The molecule has 1 unspecified atom stereocenters. The van der Waals surface area contributed by atoms with Crippen LogP contribution in [0.5, 0.6) is 0 Å². The van der Waals surface area contributed by atoms with Gasteiger partial charge in [0.2, 0.25) is 0 Å². The second-order valence-electron chi connectivity index (χ2n) is 4.46. The van der Waals surface area contributed by atoms with Crippen molar-refractivity contribution in [2.45, 2.75) is 9.58 Å². The molecule has 1 aromatic rings. The van der Waals surface area contributed by atoms with Gasteiger partial charge in [0.1, 0.15) is 14.6 Å². The number of nitrogens with two attached hydrogens (primary N) is 1. The van der Waals surface area contributed by atoms with Gasteiger partial charge in [0, 0.05) is 24.3 Å². The predicted molar refractivity (Wildman–Crippen MR) is 90.1 cm³/mol. The Morgan fingerprint density at radius 2 is 2.05 bits per heavy atom. The van der Waals surface area contributed by atoms with Crippen molar-refractivity contribution in [3.05, 3.63) is 17.0 Å². The van der Waals surface area contributed by atoms with Gasteiger partial charge in [-0.15, -0.1) is 11.3 Å². The molecule has 0 radical (unpaired) electrons. The lowest BCUT2D eigenvalue weighted by Gasteiger charge is -2.32. The third kappa shape index (κ3) is 3.59. The predicted octanol–water partition coefficient (Wildman–Crippen LogP) is 0.491. The fraction of sp³-hybridized carbons (Fsp3) is 0.500. The molecule has 0 bridgehead atoms. The second-order valence-corrected chi connectivity index (χ2v) is 11.5. The molecule has 2 N–H and O–H groups in total. The van der Waals surface area contributed by atoms with E-state index in [1.54, 1.807) is 0 Å². The minimum atomic E-state index is -3.86. The number of thiocarbonyl (C=S) groups is 1. The third-order valence-corrected chi connectivity index (χ3v) is 9.54. The zero-order chi connectivity index (χ0) is 15.8. The molecule has 1 aromatic heterocycles. The summed E-state index contributed by atoms with van der Waals surface area (Å²) in [6.45, 7) is 0.172. The molecule has 1 saturated heterocycles. The van der Waals surface area contributed by atoms with Crippen LogP contribution in [-0.4, -0.2) is 55.8 Å². The molecule has 0 aromatic carbocycles. The summed E-state index contributed by atoms with van der Waals surface area (Å²) in [5.41, 5.74) is 5.48. The number of sulfonamides is 1. The maximum absolute atomic E-state index is 12.7. The molecule has 0 aliphatic carbocycles. The molecule has 2 rings (SSSR count). The molecule has 2 heterocycles. The normalized spacial score (nSPS) is 21.3. The van der Waals surface area contributed by atoms with Crippen LogP contribution in [0.4, 0.5) is 0 Å². The van der Waals surface area contributed by atoms with Gasteiger partial charge in [0.25, 0.3) is 10.0 Å². The van der Waals surface area contributed by atoms with Gasteiger partial charge in [-0.25, -0.2) is 16.8 Å². The number of nitrogens with zero attached hydrogens (tertiary/aromatic N) is 1. The van der Waals surface area contributed by atoms with Crippen molar-refractivity contribution in [2.75, 3.05) is 24.3 Å². The lowest BCUT2D eigenvalue weighted by Crippen LogP contribution is -2.49. The fourth-order valence-electron chi connectivity index (χ4n) is 1.88. The van der Waals surface area contributed by atoms with Crippen molar-refractivity contribution in [2.24, 2.45) is 5.73 Å². The van der Waals surface area contributed by atoms with Gasteiger partial charge in [-0.1, -0.05) is 12.2 Å². The number of hydrogen-bond donors (Lipinski definition) is 1. The number of sulfone groups is 1. The van der Waals surface area contributed by atoms with Gasteiger partial charge in [-0.05, 0) is 12.1 Å². The summed E-state index contributed by atoms with van der Waals surface area (Å²) >= 11 is 7.21. The van der Waals surface area contributed by atoms with Crippen LogP contribution >= 0.6 is 35.3 Å². The smallest absolute Gasteiger partial charge is 0.253 e. The largest absolute Gasteiger partial charge is 0.389 e. The lowest BCUT2D eigenvalue weighted by atomic mass is 10.5. The van der Waals surface area contributed by atoms with Crippen LogP contribution in [0.15, 0.2) is 16.3 Å². The highest BCUT2D eigenvalue weighted by molar-refractivity contribution is 8.01. The molecule has 0 saturated carbocycles. The monoisotopic (exact) mass is 386 g/mol. The highest BCUT2D eigenvalue weighted by Crippen LogP contribution is 2.30. The van der Waals surface area contributed by atoms with Crippen molar-refractivity contribution in [1.82, 2.24) is 4.31 Å². The van der Waals surface area contributed by atoms with E-state index in [1.165, 1.54) is 23.9 Å². The summed E-state index contributed by atoms with van der Waals surface area (Å²) in [7, 11) is -7.36. The molecule has 0 amide bonds. The molecule has 1 aliphatic rings. The van der Waals surface area contributed by atoms with Gasteiger partial charge < -0.3 is 5.73 Å². The SMILES string of the molecule is CS(=O)(=O)C1CSCCN1S(=O)(=O)c1ccc(C(N)=S)s1. The molecule has 1 aliphatic heterocycles. The summed E-state index contributed by atoms with van der Waals surface area (Å²) < 4.78 is 50.1. The van der Waals surface area contributed by atoms with E-state index in [0.29, 0.717) is 10.6 Å². The first kappa shape index (κ1) is 17.2. The van der Waals surface area contributed by atoms with Crippen LogP contribution in [0.1, 0.15) is 4.88 Å². The Bertz CT molecular complexity index is 752. The van der Waals surface area contributed by atoms with E-state index in [0.717, 1.165) is 21.9 Å². The van der Waals surface area contributed by atoms with E-state index in [4.69, 9.17) is 18.0 Å². The van der Waals surface area contributed by atoms with E-state index in [-0.39, 0.29) is 21.5 Å². The van der Waals surface area contributed by atoms with E-state index in [9.17, 15) is 16.8 Å². The number of hydrogen-bond acceptors (Lipinski definition) is 7. The molecule has 11 heteroatoms. The molecule has 21 heavy (non-hydrogen) atoms. The Hall–Kier alpha value is -0.200. The van der Waals surface area contributed by atoms with Crippen LogP contribution < -0.4 is 5.73 Å². The maximum Gasteiger partial charge on any atom is 0.253 e. The van der Waals surface area contributed by atoms with Crippen molar-refractivity contribution in [3.8, 4) is 0 Å². The minimum absolute atomic E-state index is 0.0610. The molecule has 1 fully saturated rings. The highest BCUT2D eigenvalue weighted by atomic mass is 32.2. The first-order valence-electron chi connectivity index (χ1n) is 5.82. The summed E-state index contributed by atoms with van der Waals surface area (Å²) in [5, 5.41) is -1.03. The van der Waals surface area contributed by atoms with Crippen LogP contribution in [0.25, 0.3) is 0 Å². The van der Waals surface area contributed by atoms with Crippen molar-refractivity contribution in [3.63, 3.8) is 0 Å². The van der Waals surface area contributed by atoms with E-state index < -0.39 is 25.2 Å². The summed E-state index contributed by atoms with van der Waals surface area (Å²) in [4.78, 5) is 0.612. The fourth-order valence-corrected chi connectivity index (χ4v) is 8.53. The Labute approximate surface area is 137 Å². The van der Waals surface area contributed by atoms with Crippen molar-refractivity contribution in [1.29, 1.82) is 0 Å². The summed E-state index contributed by atoms with van der Waals surface area (Å²) in [6, 6.07) is 2.95. The Morgan fingerprint density at radius 3 is 2.57 bits per heavy atom. The van der Waals surface area contributed by atoms with E-state index >= 15 is 0 Å².